The lowest BCUT2D eigenvalue weighted by Crippen LogP contribution is -2.04. The van der Waals surface area contributed by atoms with Crippen LogP contribution in [-0.2, 0) is 4.74 Å². The number of halogens is 1. The second kappa shape index (κ2) is 4.23. The quantitative estimate of drug-likeness (QED) is 0.767. The summed E-state index contributed by atoms with van der Waals surface area (Å²) in [6.45, 7) is 0. The number of fused-ring (bicyclic) bond motifs is 3. The van der Waals surface area contributed by atoms with E-state index < -0.39 is 5.24 Å². The number of hydrogen-bond donors (Lipinski definition) is 0. The molecule has 0 saturated carbocycles. The first-order valence-electron chi connectivity index (χ1n) is 5.69. The summed E-state index contributed by atoms with van der Waals surface area (Å²) in [5.74, 6) is 0. The van der Waals surface area contributed by atoms with Crippen LogP contribution in [0, 0.1) is 0 Å². The third-order valence-corrected chi connectivity index (χ3v) is 3.55. The summed E-state index contributed by atoms with van der Waals surface area (Å²) in [5.41, 5.74) is 4.63. The van der Waals surface area contributed by atoms with Crippen LogP contribution in [0.1, 0.15) is 27.6 Å². The highest BCUT2D eigenvalue weighted by atomic mass is 35.5. The van der Waals surface area contributed by atoms with Crippen molar-refractivity contribution >= 4 is 16.8 Å². The van der Waals surface area contributed by atoms with Crippen molar-refractivity contribution in [2.24, 2.45) is 0 Å². The maximum Gasteiger partial charge on any atom is 0.252 e. The summed E-state index contributed by atoms with van der Waals surface area (Å²) < 4.78 is 5.54. The van der Waals surface area contributed by atoms with Gasteiger partial charge in [0, 0.05) is 18.2 Å². The standard InChI is InChI=1S/C15H11ClO2/c1-18-14-11-6-3-2-5-9(11)10-7-4-8-12(13(10)14)15(16)17/h2-8,14H,1H3. The van der Waals surface area contributed by atoms with Gasteiger partial charge in [0.1, 0.15) is 6.10 Å². The van der Waals surface area contributed by atoms with Crippen LogP contribution in [0.4, 0.5) is 0 Å². The molecule has 0 N–H and O–H groups in total. The third kappa shape index (κ3) is 1.50. The van der Waals surface area contributed by atoms with Crippen molar-refractivity contribution in [3.8, 4) is 11.1 Å². The molecule has 0 saturated heterocycles. The molecular weight excluding hydrogens is 248 g/mol. The lowest BCUT2D eigenvalue weighted by atomic mass is 10.0. The van der Waals surface area contributed by atoms with Gasteiger partial charge in [-0.3, -0.25) is 4.79 Å². The number of carbonyl (C=O) groups is 1. The van der Waals surface area contributed by atoms with Gasteiger partial charge in [-0.1, -0.05) is 36.4 Å². The second-order valence-corrected chi connectivity index (χ2v) is 4.59. The second-order valence-electron chi connectivity index (χ2n) is 4.24. The first-order chi connectivity index (χ1) is 8.74. The predicted octanol–water partition coefficient (Wildman–Crippen LogP) is 3.78. The Kier molecular flexibility index (Phi) is 2.69. The van der Waals surface area contributed by atoms with Gasteiger partial charge in [-0.05, 0) is 34.4 Å². The first-order valence-corrected chi connectivity index (χ1v) is 6.06. The van der Waals surface area contributed by atoms with Crippen molar-refractivity contribution in [2.75, 3.05) is 7.11 Å². The zero-order chi connectivity index (χ0) is 12.7. The Labute approximate surface area is 110 Å². The molecule has 1 atom stereocenters. The van der Waals surface area contributed by atoms with E-state index in [0.717, 1.165) is 22.3 Å². The molecule has 0 aliphatic heterocycles. The summed E-state index contributed by atoms with van der Waals surface area (Å²) in [4.78, 5) is 11.5. The predicted molar refractivity (Wildman–Crippen MR) is 70.9 cm³/mol. The van der Waals surface area contributed by atoms with Gasteiger partial charge >= 0.3 is 0 Å². The number of benzene rings is 2. The molecule has 2 aromatic carbocycles. The Bertz CT molecular complexity index is 634. The van der Waals surface area contributed by atoms with E-state index in [1.54, 1.807) is 13.2 Å². The summed E-state index contributed by atoms with van der Waals surface area (Å²) in [7, 11) is 1.64. The maximum atomic E-state index is 11.5. The Morgan fingerprint density at radius 2 is 1.83 bits per heavy atom. The van der Waals surface area contributed by atoms with E-state index in [1.807, 2.05) is 36.4 Å². The van der Waals surface area contributed by atoms with E-state index >= 15 is 0 Å². The van der Waals surface area contributed by atoms with Crippen LogP contribution in [0.3, 0.4) is 0 Å². The Hall–Kier alpha value is -1.64. The van der Waals surface area contributed by atoms with Crippen LogP contribution in [-0.4, -0.2) is 12.4 Å². The van der Waals surface area contributed by atoms with Gasteiger partial charge in [-0.25, -0.2) is 0 Å². The van der Waals surface area contributed by atoms with E-state index in [4.69, 9.17) is 16.3 Å². The molecule has 0 fully saturated rings. The number of rotatable bonds is 2. The monoisotopic (exact) mass is 258 g/mol. The highest BCUT2D eigenvalue weighted by molar-refractivity contribution is 6.68. The number of ether oxygens (including phenoxy) is 1. The van der Waals surface area contributed by atoms with Gasteiger partial charge in [0.25, 0.3) is 5.24 Å². The molecule has 0 heterocycles. The molecular formula is C15H11ClO2. The molecule has 90 valence electrons. The van der Waals surface area contributed by atoms with Gasteiger partial charge in [0.05, 0.1) is 0 Å². The lowest BCUT2D eigenvalue weighted by molar-refractivity contribution is 0.106. The first kappa shape index (κ1) is 11.5. The molecule has 2 nitrogen and oxygen atoms in total. The molecule has 0 amide bonds. The number of carbonyl (C=O) groups excluding carboxylic acids is 1. The number of hydrogen-bond acceptors (Lipinski definition) is 2. The molecule has 3 heteroatoms. The fourth-order valence-electron chi connectivity index (χ4n) is 2.63. The summed E-state index contributed by atoms with van der Waals surface area (Å²) >= 11 is 5.66. The SMILES string of the molecule is COC1c2ccccc2-c2cccc(C(=O)Cl)c21. The molecule has 0 radical (unpaired) electrons. The van der Waals surface area contributed by atoms with Crippen molar-refractivity contribution in [2.45, 2.75) is 6.10 Å². The van der Waals surface area contributed by atoms with Gasteiger partial charge in [-0.15, -0.1) is 0 Å². The fraction of sp³-hybridized carbons (Fsp3) is 0.133. The van der Waals surface area contributed by atoms with Crippen molar-refractivity contribution in [1.82, 2.24) is 0 Å². The van der Waals surface area contributed by atoms with Crippen molar-refractivity contribution in [3.05, 3.63) is 59.2 Å². The fourth-order valence-corrected chi connectivity index (χ4v) is 2.79. The van der Waals surface area contributed by atoms with Crippen LogP contribution in [0.25, 0.3) is 11.1 Å². The third-order valence-electron chi connectivity index (χ3n) is 3.35. The lowest BCUT2D eigenvalue weighted by Gasteiger charge is -2.13. The molecule has 0 spiro atoms. The zero-order valence-electron chi connectivity index (χ0n) is 9.81. The van der Waals surface area contributed by atoms with E-state index in [0.29, 0.717) is 5.56 Å². The average molecular weight is 259 g/mol. The van der Waals surface area contributed by atoms with Crippen molar-refractivity contribution < 1.29 is 9.53 Å². The minimum absolute atomic E-state index is 0.213. The maximum absolute atomic E-state index is 11.5. The smallest absolute Gasteiger partial charge is 0.252 e. The van der Waals surface area contributed by atoms with Gasteiger partial charge < -0.3 is 4.74 Å². The minimum atomic E-state index is -0.443. The van der Waals surface area contributed by atoms with E-state index in [1.165, 1.54) is 0 Å². The Morgan fingerprint density at radius 3 is 2.56 bits per heavy atom. The molecule has 0 aromatic heterocycles. The molecule has 2 aromatic rings. The van der Waals surface area contributed by atoms with Gasteiger partial charge in [0.2, 0.25) is 0 Å². The molecule has 18 heavy (non-hydrogen) atoms. The molecule has 1 unspecified atom stereocenters. The van der Waals surface area contributed by atoms with Crippen LogP contribution >= 0.6 is 11.6 Å². The Balaban J connectivity index is 2.33. The molecule has 3 rings (SSSR count). The van der Waals surface area contributed by atoms with Crippen molar-refractivity contribution in [1.29, 1.82) is 0 Å². The van der Waals surface area contributed by atoms with E-state index in [2.05, 4.69) is 0 Å². The largest absolute Gasteiger partial charge is 0.372 e. The molecule has 1 aliphatic carbocycles. The number of methoxy groups -OCH3 is 1. The summed E-state index contributed by atoms with van der Waals surface area (Å²) in [5, 5.41) is -0.443. The Morgan fingerprint density at radius 1 is 1.11 bits per heavy atom. The van der Waals surface area contributed by atoms with Crippen LogP contribution < -0.4 is 0 Å². The minimum Gasteiger partial charge on any atom is -0.372 e. The zero-order valence-corrected chi connectivity index (χ0v) is 10.6. The highest BCUT2D eigenvalue weighted by Crippen LogP contribution is 2.46. The van der Waals surface area contributed by atoms with Gasteiger partial charge in [0.15, 0.2) is 0 Å². The van der Waals surface area contributed by atoms with E-state index in [-0.39, 0.29) is 6.10 Å². The van der Waals surface area contributed by atoms with Gasteiger partial charge in [-0.2, -0.15) is 0 Å². The summed E-state index contributed by atoms with van der Waals surface area (Å²) in [6.07, 6.45) is -0.213. The summed E-state index contributed by atoms with van der Waals surface area (Å²) in [6, 6.07) is 13.6. The topological polar surface area (TPSA) is 26.3 Å². The van der Waals surface area contributed by atoms with Crippen LogP contribution in [0.5, 0.6) is 0 Å². The van der Waals surface area contributed by atoms with Crippen LogP contribution in [0.15, 0.2) is 42.5 Å². The van der Waals surface area contributed by atoms with Crippen LogP contribution in [0.2, 0.25) is 0 Å². The highest BCUT2D eigenvalue weighted by Gasteiger charge is 2.31. The molecule has 1 aliphatic rings. The normalized spacial score (nSPS) is 16.2. The average Bonchev–Trinajstić information content (AvgIpc) is 2.72. The van der Waals surface area contributed by atoms with E-state index in [9.17, 15) is 4.79 Å². The molecule has 0 bridgehead atoms. The van der Waals surface area contributed by atoms with Crippen molar-refractivity contribution in [3.63, 3.8) is 0 Å².